The van der Waals surface area contributed by atoms with Gasteiger partial charge in [0, 0.05) is 25.5 Å². The molecule has 0 fully saturated rings. The number of hydrogen-bond acceptors (Lipinski definition) is 3. The molecule has 0 radical (unpaired) electrons. The third kappa shape index (κ3) is 4.03. The molecule has 5 nitrogen and oxygen atoms in total. The number of rotatable bonds is 4. The largest absolute Gasteiger partial charge is 0.394 e. The molecule has 0 aliphatic carbocycles. The van der Waals surface area contributed by atoms with Gasteiger partial charge in [0.05, 0.1) is 12.6 Å². The van der Waals surface area contributed by atoms with Crippen LogP contribution in [0.1, 0.15) is 18.2 Å². The number of aliphatic hydroxyl groups excluding tert-OH is 1. The number of urea groups is 1. The summed E-state index contributed by atoms with van der Waals surface area (Å²) in [5, 5.41) is 11.7. The highest BCUT2D eigenvalue weighted by molar-refractivity contribution is 5.74. The van der Waals surface area contributed by atoms with Crippen LogP contribution in [-0.2, 0) is 6.54 Å². The quantitative estimate of drug-likeness (QED) is 0.818. The standard InChI is InChI=1S/C12H19N3O2/c1-9-4-5-11(6-13-9)7-14-12(17)15(3)10(2)8-16/h4-6,10,16H,7-8H2,1-3H3,(H,14,17). The minimum atomic E-state index is -0.202. The number of nitrogens with one attached hydrogen (secondary N) is 1. The molecule has 1 aromatic rings. The van der Waals surface area contributed by atoms with Gasteiger partial charge >= 0.3 is 6.03 Å². The first-order valence-electron chi connectivity index (χ1n) is 5.57. The molecule has 0 bridgehead atoms. The zero-order chi connectivity index (χ0) is 12.8. The fraction of sp³-hybridized carbons (Fsp3) is 0.500. The van der Waals surface area contributed by atoms with Crippen molar-refractivity contribution in [1.29, 1.82) is 0 Å². The summed E-state index contributed by atoms with van der Waals surface area (Å²) in [6.07, 6.45) is 1.74. The molecular formula is C12H19N3O2. The summed E-state index contributed by atoms with van der Waals surface area (Å²) in [6.45, 7) is 4.09. The maximum absolute atomic E-state index is 11.7. The van der Waals surface area contributed by atoms with E-state index >= 15 is 0 Å². The van der Waals surface area contributed by atoms with Gasteiger partial charge in [-0.3, -0.25) is 4.98 Å². The van der Waals surface area contributed by atoms with Crippen molar-refractivity contribution in [2.75, 3.05) is 13.7 Å². The number of aryl methyl sites for hydroxylation is 1. The monoisotopic (exact) mass is 237 g/mol. The van der Waals surface area contributed by atoms with E-state index in [1.165, 1.54) is 4.90 Å². The van der Waals surface area contributed by atoms with Crippen molar-refractivity contribution in [1.82, 2.24) is 15.2 Å². The number of aromatic nitrogens is 1. The normalized spacial score (nSPS) is 12.0. The molecule has 0 aromatic carbocycles. The average Bonchev–Trinajstić information content (AvgIpc) is 2.35. The third-order valence-electron chi connectivity index (χ3n) is 2.66. The summed E-state index contributed by atoms with van der Waals surface area (Å²) < 4.78 is 0. The van der Waals surface area contributed by atoms with Crippen LogP contribution in [0.2, 0.25) is 0 Å². The number of carbonyl (C=O) groups is 1. The maximum atomic E-state index is 11.7. The maximum Gasteiger partial charge on any atom is 0.317 e. The van der Waals surface area contributed by atoms with E-state index in [9.17, 15) is 4.79 Å². The van der Waals surface area contributed by atoms with Gasteiger partial charge in [0.25, 0.3) is 0 Å². The molecule has 0 saturated heterocycles. The second kappa shape index (κ2) is 6.20. The lowest BCUT2D eigenvalue weighted by Gasteiger charge is -2.23. The van der Waals surface area contributed by atoms with Gasteiger partial charge in [0.15, 0.2) is 0 Å². The fourth-order valence-electron chi connectivity index (χ4n) is 1.23. The molecule has 0 aliphatic rings. The van der Waals surface area contributed by atoms with E-state index < -0.39 is 0 Å². The average molecular weight is 237 g/mol. The molecule has 2 amide bonds. The first-order chi connectivity index (χ1) is 8.04. The van der Waals surface area contributed by atoms with E-state index in [2.05, 4.69) is 10.3 Å². The predicted octanol–water partition coefficient (Wildman–Crippen LogP) is 0.912. The number of pyridine rings is 1. The summed E-state index contributed by atoms with van der Waals surface area (Å²) in [7, 11) is 1.66. The fourth-order valence-corrected chi connectivity index (χ4v) is 1.23. The van der Waals surface area contributed by atoms with Crippen molar-refractivity contribution in [2.45, 2.75) is 26.4 Å². The lowest BCUT2D eigenvalue weighted by Crippen LogP contribution is -2.43. The topological polar surface area (TPSA) is 65.5 Å². The van der Waals surface area contributed by atoms with Crippen LogP contribution in [-0.4, -0.2) is 40.7 Å². The third-order valence-corrected chi connectivity index (χ3v) is 2.66. The molecule has 1 atom stereocenters. The highest BCUT2D eigenvalue weighted by atomic mass is 16.3. The highest BCUT2D eigenvalue weighted by Gasteiger charge is 2.13. The molecule has 5 heteroatoms. The smallest absolute Gasteiger partial charge is 0.317 e. The highest BCUT2D eigenvalue weighted by Crippen LogP contribution is 2.00. The Balaban J connectivity index is 2.45. The van der Waals surface area contributed by atoms with Crippen LogP contribution in [0.25, 0.3) is 0 Å². The Morgan fingerprint density at radius 2 is 2.29 bits per heavy atom. The first-order valence-corrected chi connectivity index (χ1v) is 5.57. The number of carbonyl (C=O) groups excluding carboxylic acids is 1. The van der Waals surface area contributed by atoms with E-state index in [-0.39, 0.29) is 18.7 Å². The van der Waals surface area contributed by atoms with Gasteiger partial charge in [-0.1, -0.05) is 6.07 Å². The molecule has 17 heavy (non-hydrogen) atoms. The zero-order valence-corrected chi connectivity index (χ0v) is 10.5. The molecule has 1 aromatic heterocycles. The van der Waals surface area contributed by atoms with Crippen LogP contribution < -0.4 is 5.32 Å². The summed E-state index contributed by atoms with van der Waals surface area (Å²) in [5.41, 5.74) is 1.90. The van der Waals surface area contributed by atoms with Crippen molar-refractivity contribution in [2.24, 2.45) is 0 Å². The minimum absolute atomic E-state index is 0.0456. The Hall–Kier alpha value is -1.62. The van der Waals surface area contributed by atoms with Crippen molar-refractivity contribution < 1.29 is 9.90 Å². The van der Waals surface area contributed by atoms with Gasteiger partial charge in [0.2, 0.25) is 0 Å². The van der Waals surface area contributed by atoms with Gasteiger partial charge in [-0.2, -0.15) is 0 Å². The van der Waals surface area contributed by atoms with E-state index in [1.807, 2.05) is 19.1 Å². The van der Waals surface area contributed by atoms with Crippen LogP contribution in [0.4, 0.5) is 4.79 Å². The molecule has 0 saturated carbocycles. The van der Waals surface area contributed by atoms with E-state index in [1.54, 1.807) is 20.2 Å². The summed E-state index contributed by atoms with van der Waals surface area (Å²) in [4.78, 5) is 17.3. The number of hydrogen-bond donors (Lipinski definition) is 2. The molecule has 1 heterocycles. The van der Waals surface area contributed by atoms with Crippen molar-refractivity contribution in [3.8, 4) is 0 Å². The molecule has 0 aliphatic heterocycles. The lowest BCUT2D eigenvalue weighted by molar-refractivity contribution is 0.157. The van der Waals surface area contributed by atoms with Gasteiger partial charge in [0.1, 0.15) is 0 Å². The Morgan fingerprint density at radius 1 is 1.59 bits per heavy atom. The van der Waals surface area contributed by atoms with Gasteiger partial charge in [-0.25, -0.2) is 4.79 Å². The van der Waals surface area contributed by atoms with Gasteiger partial charge < -0.3 is 15.3 Å². The molecule has 2 N–H and O–H groups in total. The molecule has 1 unspecified atom stereocenters. The second-order valence-electron chi connectivity index (χ2n) is 4.11. The number of nitrogens with zero attached hydrogens (tertiary/aromatic N) is 2. The Labute approximate surface area is 101 Å². The number of likely N-dealkylation sites (N-methyl/N-ethyl adjacent to an activating group) is 1. The molecule has 94 valence electrons. The minimum Gasteiger partial charge on any atom is -0.394 e. The molecule has 1 rings (SSSR count). The van der Waals surface area contributed by atoms with Crippen LogP contribution in [0.15, 0.2) is 18.3 Å². The van der Waals surface area contributed by atoms with E-state index in [0.717, 1.165) is 11.3 Å². The van der Waals surface area contributed by atoms with Gasteiger partial charge in [-0.05, 0) is 25.5 Å². The van der Waals surface area contributed by atoms with Crippen LogP contribution >= 0.6 is 0 Å². The Kier molecular flexibility index (Phi) is 4.90. The lowest BCUT2D eigenvalue weighted by atomic mass is 10.2. The van der Waals surface area contributed by atoms with E-state index in [0.29, 0.717) is 6.54 Å². The summed E-state index contributed by atoms with van der Waals surface area (Å²) >= 11 is 0. The van der Waals surface area contributed by atoms with E-state index in [4.69, 9.17) is 5.11 Å². The van der Waals surface area contributed by atoms with Gasteiger partial charge in [-0.15, -0.1) is 0 Å². The molecular weight excluding hydrogens is 218 g/mol. The predicted molar refractivity (Wildman–Crippen MR) is 65.5 cm³/mol. The summed E-state index contributed by atoms with van der Waals surface area (Å²) in [6, 6.07) is 3.44. The number of amides is 2. The number of aliphatic hydroxyl groups is 1. The molecule has 0 spiro atoms. The first kappa shape index (κ1) is 13.4. The second-order valence-corrected chi connectivity index (χ2v) is 4.11. The van der Waals surface area contributed by atoms with Crippen LogP contribution in [0, 0.1) is 6.92 Å². The van der Waals surface area contributed by atoms with Crippen molar-refractivity contribution in [3.63, 3.8) is 0 Å². The summed E-state index contributed by atoms with van der Waals surface area (Å²) in [5.74, 6) is 0. The SMILES string of the molecule is Cc1ccc(CNC(=O)N(C)C(C)CO)cn1. The zero-order valence-electron chi connectivity index (χ0n) is 10.5. The van der Waals surface area contributed by atoms with Crippen molar-refractivity contribution >= 4 is 6.03 Å². The van der Waals surface area contributed by atoms with Crippen LogP contribution in [0.3, 0.4) is 0 Å². The Bertz CT molecular complexity index is 365. The van der Waals surface area contributed by atoms with Crippen LogP contribution in [0.5, 0.6) is 0 Å². The Morgan fingerprint density at radius 3 is 2.82 bits per heavy atom. The van der Waals surface area contributed by atoms with Crippen molar-refractivity contribution in [3.05, 3.63) is 29.6 Å².